The number of carboxylic acids is 1. The topological polar surface area (TPSA) is 112 Å². The number of likely N-dealkylation sites (tertiary alicyclic amines) is 2. The molecule has 3 fully saturated rings. The molecule has 0 unspecified atom stereocenters. The van der Waals surface area contributed by atoms with Crippen LogP contribution in [0.4, 0.5) is 13.2 Å². The summed E-state index contributed by atoms with van der Waals surface area (Å²) in [5.74, 6) is -1.81. The second-order valence-electron chi connectivity index (χ2n) is 10.3. The number of aliphatic hydroxyl groups is 1. The first kappa shape index (κ1) is 27.4. The summed E-state index contributed by atoms with van der Waals surface area (Å²) >= 11 is 0. The Morgan fingerprint density at radius 2 is 1.74 bits per heavy atom. The summed E-state index contributed by atoms with van der Waals surface area (Å²) in [5, 5.41) is 25.4. The molecule has 1 aromatic heterocycles. The number of carbonyl (C=O) groups excluding carboxylic acids is 1. The van der Waals surface area contributed by atoms with Crippen LogP contribution in [0, 0.1) is 11.3 Å². The van der Waals surface area contributed by atoms with E-state index in [-0.39, 0.29) is 11.5 Å². The van der Waals surface area contributed by atoms with Gasteiger partial charge >= 0.3 is 12.1 Å². The number of amides is 1. The predicted octanol–water partition coefficient (Wildman–Crippen LogP) is 2.69. The molecule has 2 aliphatic heterocycles. The van der Waals surface area contributed by atoms with E-state index in [1.54, 1.807) is 0 Å². The molecule has 1 aliphatic carbocycles. The number of aromatic nitrogens is 3. The van der Waals surface area contributed by atoms with Crippen molar-refractivity contribution in [1.82, 2.24) is 24.8 Å². The first-order chi connectivity index (χ1) is 16.5. The lowest BCUT2D eigenvalue weighted by atomic mass is 9.74. The molecule has 35 heavy (non-hydrogen) atoms. The van der Waals surface area contributed by atoms with Crippen molar-refractivity contribution in [3.8, 4) is 0 Å². The highest BCUT2D eigenvalue weighted by molar-refractivity contribution is 5.82. The number of carboxylic acid groups (broad SMARTS) is 1. The van der Waals surface area contributed by atoms with E-state index in [2.05, 4.69) is 27.0 Å². The number of piperidine rings is 1. The van der Waals surface area contributed by atoms with Crippen LogP contribution in [0.15, 0.2) is 6.20 Å². The van der Waals surface area contributed by atoms with E-state index in [0.29, 0.717) is 11.8 Å². The van der Waals surface area contributed by atoms with Gasteiger partial charge in [-0.05, 0) is 38.0 Å². The zero-order valence-electron chi connectivity index (χ0n) is 20.2. The summed E-state index contributed by atoms with van der Waals surface area (Å²) in [6.45, 7) is 7.25. The molecule has 1 amide bonds. The quantitative estimate of drug-likeness (QED) is 0.636. The highest BCUT2D eigenvalue weighted by Gasteiger charge is 2.39. The van der Waals surface area contributed by atoms with Crippen LogP contribution in [0.3, 0.4) is 0 Å². The Kier molecular flexibility index (Phi) is 9.14. The van der Waals surface area contributed by atoms with Gasteiger partial charge in [0.05, 0.1) is 11.8 Å². The van der Waals surface area contributed by atoms with Gasteiger partial charge in [-0.15, -0.1) is 5.10 Å². The molecule has 9 nitrogen and oxygen atoms in total. The van der Waals surface area contributed by atoms with Gasteiger partial charge in [0.1, 0.15) is 0 Å². The average Bonchev–Trinajstić information content (AvgIpc) is 3.42. The maximum Gasteiger partial charge on any atom is 0.490 e. The van der Waals surface area contributed by atoms with E-state index < -0.39 is 12.1 Å². The number of rotatable bonds is 5. The molecule has 198 valence electrons. The van der Waals surface area contributed by atoms with E-state index >= 15 is 0 Å². The van der Waals surface area contributed by atoms with Crippen molar-refractivity contribution in [3.63, 3.8) is 0 Å². The third-order valence-electron chi connectivity index (χ3n) is 7.28. The van der Waals surface area contributed by atoms with Gasteiger partial charge in [0, 0.05) is 50.9 Å². The number of hydrogen-bond acceptors (Lipinski definition) is 6. The highest BCUT2D eigenvalue weighted by Crippen LogP contribution is 2.38. The van der Waals surface area contributed by atoms with Crippen LogP contribution in [-0.2, 0) is 22.7 Å². The van der Waals surface area contributed by atoms with Crippen LogP contribution >= 0.6 is 0 Å². The zero-order valence-corrected chi connectivity index (χ0v) is 20.2. The molecule has 3 aliphatic rings. The van der Waals surface area contributed by atoms with Crippen molar-refractivity contribution in [2.45, 2.75) is 83.7 Å². The lowest BCUT2D eigenvalue weighted by Crippen LogP contribution is -2.47. The minimum absolute atomic E-state index is 0.116. The van der Waals surface area contributed by atoms with Gasteiger partial charge in [-0.2, -0.15) is 13.2 Å². The van der Waals surface area contributed by atoms with E-state index in [1.165, 1.54) is 19.3 Å². The highest BCUT2D eigenvalue weighted by atomic mass is 19.4. The molecule has 12 heteroatoms. The Morgan fingerprint density at radius 3 is 2.29 bits per heavy atom. The number of nitrogens with zero attached hydrogens (tertiary/aromatic N) is 5. The first-order valence-electron chi connectivity index (χ1n) is 12.4. The lowest BCUT2D eigenvalue weighted by Gasteiger charge is -2.40. The number of hydrogen-bond donors (Lipinski definition) is 2. The van der Waals surface area contributed by atoms with Crippen LogP contribution in [0.1, 0.15) is 64.0 Å². The van der Waals surface area contributed by atoms with Crippen LogP contribution in [-0.4, -0.2) is 85.3 Å². The predicted molar refractivity (Wildman–Crippen MR) is 120 cm³/mol. The summed E-state index contributed by atoms with van der Waals surface area (Å²) < 4.78 is 33.7. The summed E-state index contributed by atoms with van der Waals surface area (Å²) in [6, 6.07) is 0. The van der Waals surface area contributed by atoms with Gasteiger partial charge in [0.15, 0.2) is 0 Å². The molecule has 1 saturated carbocycles. The molecule has 2 N–H and O–H groups in total. The van der Waals surface area contributed by atoms with Crippen molar-refractivity contribution in [3.05, 3.63) is 11.9 Å². The maximum atomic E-state index is 13.0. The monoisotopic (exact) mass is 503 g/mol. The Bertz CT molecular complexity index is 848. The van der Waals surface area contributed by atoms with E-state index in [1.807, 2.05) is 10.9 Å². The number of aliphatic hydroxyl groups excluding tert-OH is 1. The van der Waals surface area contributed by atoms with Crippen molar-refractivity contribution < 1.29 is 33.0 Å². The summed E-state index contributed by atoms with van der Waals surface area (Å²) in [7, 11) is 0. The Labute approximate surface area is 203 Å². The fourth-order valence-corrected chi connectivity index (χ4v) is 5.20. The Hall–Kier alpha value is -2.21. The fourth-order valence-electron chi connectivity index (χ4n) is 5.20. The third-order valence-corrected chi connectivity index (χ3v) is 7.28. The summed E-state index contributed by atoms with van der Waals surface area (Å²) in [5.41, 5.74) is 0.863. The molecule has 2 saturated heterocycles. The van der Waals surface area contributed by atoms with E-state index in [9.17, 15) is 23.1 Å². The van der Waals surface area contributed by atoms with Crippen LogP contribution in [0.2, 0.25) is 0 Å². The molecule has 3 heterocycles. The lowest BCUT2D eigenvalue weighted by molar-refractivity contribution is -0.192. The summed E-state index contributed by atoms with van der Waals surface area (Å²) in [6.07, 6.45) is 5.51. The molecule has 4 rings (SSSR count). The van der Waals surface area contributed by atoms with Gasteiger partial charge in [-0.25, -0.2) is 4.79 Å². The fraction of sp³-hybridized carbons (Fsp3) is 0.826. The summed E-state index contributed by atoms with van der Waals surface area (Å²) in [4.78, 5) is 26.3. The van der Waals surface area contributed by atoms with Crippen molar-refractivity contribution in [2.75, 3.05) is 26.2 Å². The molecule has 0 spiro atoms. The SMILES string of the molecule is CC1(C(=O)N2CCC(Cn3cc(CN4CC[C@H](O)C4)nn3)CC2)CCCCC1.O=C(O)C(F)(F)F. The zero-order chi connectivity index (χ0) is 25.6. The van der Waals surface area contributed by atoms with Gasteiger partial charge in [0.25, 0.3) is 0 Å². The van der Waals surface area contributed by atoms with Gasteiger partial charge < -0.3 is 15.1 Å². The average molecular weight is 504 g/mol. The molecular formula is C23H36F3N5O4. The number of halogens is 3. The number of carbonyl (C=O) groups is 2. The number of alkyl halides is 3. The van der Waals surface area contributed by atoms with Crippen LogP contribution < -0.4 is 0 Å². The maximum absolute atomic E-state index is 13.0. The van der Waals surface area contributed by atoms with Gasteiger partial charge in [0.2, 0.25) is 5.91 Å². The third kappa shape index (κ3) is 7.89. The second-order valence-corrected chi connectivity index (χ2v) is 10.3. The largest absolute Gasteiger partial charge is 0.490 e. The molecule has 1 aromatic rings. The minimum atomic E-state index is -5.08. The Morgan fingerprint density at radius 1 is 1.11 bits per heavy atom. The molecule has 1 atom stereocenters. The smallest absolute Gasteiger partial charge is 0.475 e. The number of β-amino-alcohol motifs (C(OH)–C–C–N with tert-alkyl or cyclic N) is 1. The molecule has 0 bridgehead atoms. The van der Waals surface area contributed by atoms with E-state index in [0.717, 1.165) is 77.1 Å². The van der Waals surface area contributed by atoms with Crippen molar-refractivity contribution in [1.29, 1.82) is 0 Å². The van der Waals surface area contributed by atoms with Crippen molar-refractivity contribution >= 4 is 11.9 Å². The molecule has 0 aromatic carbocycles. The van der Waals surface area contributed by atoms with Crippen LogP contribution in [0.5, 0.6) is 0 Å². The van der Waals surface area contributed by atoms with Gasteiger partial charge in [-0.3, -0.25) is 14.4 Å². The standard InChI is InChI=1S/C21H35N5O2.C2HF3O2/c1-21(8-3-2-4-9-21)20(28)25-11-5-17(6-12-25)13-26-15-18(22-23-26)14-24-10-7-19(27)16-24;3-2(4,5)1(6)7/h15,17,19,27H,2-14,16H2,1H3;(H,6,7)/t19-;/m0./s1. The van der Waals surface area contributed by atoms with E-state index in [4.69, 9.17) is 9.90 Å². The molecular weight excluding hydrogens is 467 g/mol. The first-order valence-corrected chi connectivity index (χ1v) is 12.4. The second kappa shape index (κ2) is 11.7. The normalized spacial score (nSPS) is 23.6. The van der Waals surface area contributed by atoms with Crippen LogP contribution in [0.25, 0.3) is 0 Å². The number of aliphatic carboxylic acids is 1. The minimum Gasteiger partial charge on any atom is -0.475 e. The van der Waals surface area contributed by atoms with Crippen molar-refractivity contribution in [2.24, 2.45) is 11.3 Å². The molecule has 0 radical (unpaired) electrons. The van der Waals surface area contributed by atoms with Gasteiger partial charge in [-0.1, -0.05) is 31.4 Å². The Balaban J connectivity index is 0.000000429.